The second kappa shape index (κ2) is 9.03. The van der Waals surface area contributed by atoms with Crippen LogP contribution in [0.4, 0.5) is 0 Å². The van der Waals surface area contributed by atoms with Gasteiger partial charge >= 0.3 is 5.97 Å². The summed E-state index contributed by atoms with van der Waals surface area (Å²) in [5.74, 6) is -1.04. The Hall–Kier alpha value is -0.950. The smallest absolute Gasteiger partial charge is 0.305 e. The van der Waals surface area contributed by atoms with E-state index in [-0.39, 0.29) is 11.8 Å². The van der Waals surface area contributed by atoms with Gasteiger partial charge in [0, 0.05) is 20.0 Å². The third-order valence-electron chi connectivity index (χ3n) is 2.52. The Morgan fingerprint density at radius 1 is 1.16 bits per heavy atom. The molecule has 0 saturated heterocycles. The summed E-state index contributed by atoms with van der Waals surface area (Å²) < 4.78 is 29.2. The first-order valence-electron chi connectivity index (χ1n) is 6.38. The van der Waals surface area contributed by atoms with Crippen molar-refractivity contribution in [1.82, 2.24) is 4.31 Å². The van der Waals surface area contributed by atoms with Crippen LogP contribution in [0.5, 0.6) is 0 Å². The van der Waals surface area contributed by atoms with Crippen molar-refractivity contribution in [3.8, 4) is 0 Å². The number of esters is 1. The topological polar surface area (TPSA) is 80.8 Å². The van der Waals surface area contributed by atoms with E-state index in [1.54, 1.807) is 6.92 Å². The van der Waals surface area contributed by atoms with Crippen LogP contribution in [0.1, 0.15) is 39.5 Å². The normalized spacial score (nSPS) is 11.6. The fraction of sp³-hybridized carbons (Fsp3) is 0.833. The number of ketones is 1. The summed E-state index contributed by atoms with van der Waals surface area (Å²) in [7, 11) is -2.02. The number of unbranched alkanes of at least 4 members (excludes halogenated alkanes) is 2. The van der Waals surface area contributed by atoms with Crippen LogP contribution >= 0.6 is 0 Å². The van der Waals surface area contributed by atoms with Crippen molar-refractivity contribution in [2.45, 2.75) is 39.5 Å². The van der Waals surface area contributed by atoms with Crippen molar-refractivity contribution in [3.05, 3.63) is 0 Å². The van der Waals surface area contributed by atoms with E-state index in [1.165, 1.54) is 18.3 Å². The van der Waals surface area contributed by atoms with E-state index in [1.807, 2.05) is 0 Å². The van der Waals surface area contributed by atoms with Crippen LogP contribution in [0, 0.1) is 0 Å². The Balaban J connectivity index is 3.83. The van der Waals surface area contributed by atoms with Gasteiger partial charge in [-0.25, -0.2) is 12.7 Å². The van der Waals surface area contributed by atoms with E-state index in [9.17, 15) is 18.0 Å². The summed E-state index contributed by atoms with van der Waals surface area (Å²) in [6.45, 7) is 3.75. The predicted molar refractivity (Wildman–Crippen MR) is 72.2 cm³/mol. The Bertz CT molecular complexity index is 391. The molecule has 0 rings (SSSR count). The lowest BCUT2D eigenvalue weighted by molar-refractivity contribution is -0.143. The molecule has 0 aromatic rings. The molecule has 0 aliphatic rings. The number of ether oxygens (including phenoxy) is 1. The molecule has 19 heavy (non-hydrogen) atoms. The number of nitrogens with zero attached hydrogens (tertiary/aromatic N) is 1. The Labute approximate surface area is 115 Å². The summed E-state index contributed by atoms with van der Waals surface area (Å²) in [6, 6.07) is 0. The van der Waals surface area contributed by atoms with Crippen LogP contribution in [0.15, 0.2) is 0 Å². The van der Waals surface area contributed by atoms with Gasteiger partial charge in [0.15, 0.2) is 0 Å². The van der Waals surface area contributed by atoms with E-state index < -0.39 is 15.8 Å². The van der Waals surface area contributed by atoms with Gasteiger partial charge in [-0.1, -0.05) is 6.42 Å². The van der Waals surface area contributed by atoms with Gasteiger partial charge in [0.05, 0.1) is 6.61 Å². The van der Waals surface area contributed by atoms with Gasteiger partial charge in [0.2, 0.25) is 10.0 Å². The number of Topliss-reactive ketones (excluding diaryl/α,β-unsaturated/α-hetero) is 1. The molecule has 0 fully saturated rings. The molecule has 0 amide bonds. The minimum absolute atomic E-state index is 0.222. The third-order valence-corrected chi connectivity index (χ3v) is 4.42. The molecule has 0 aromatic heterocycles. The minimum atomic E-state index is -3.48. The van der Waals surface area contributed by atoms with Crippen molar-refractivity contribution in [3.63, 3.8) is 0 Å². The van der Waals surface area contributed by atoms with Crippen LogP contribution in [-0.4, -0.2) is 50.4 Å². The van der Waals surface area contributed by atoms with E-state index >= 15 is 0 Å². The monoisotopic (exact) mass is 293 g/mol. The molecule has 0 radical (unpaired) electrons. The molecule has 0 unspecified atom stereocenters. The summed E-state index contributed by atoms with van der Waals surface area (Å²) >= 11 is 0. The van der Waals surface area contributed by atoms with E-state index in [0.717, 1.165) is 6.42 Å². The molecule has 0 saturated carbocycles. The average Bonchev–Trinajstić information content (AvgIpc) is 2.26. The average molecular weight is 293 g/mol. The maximum absolute atomic E-state index is 11.6. The van der Waals surface area contributed by atoms with Crippen molar-refractivity contribution in [2.24, 2.45) is 0 Å². The highest BCUT2D eigenvalue weighted by molar-refractivity contribution is 7.89. The molecule has 0 spiro atoms. The lowest BCUT2D eigenvalue weighted by Crippen LogP contribution is -2.32. The van der Waals surface area contributed by atoms with Gasteiger partial charge < -0.3 is 4.74 Å². The zero-order chi connectivity index (χ0) is 14.9. The number of rotatable bonds is 10. The van der Waals surface area contributed by atoms with Gasteiger partial charge in [-0.05, 0) is 26.7 Å². The first kappa shape index (κ1) is 18.0. The highest BCUT2D eigenvalue weighted by Gasteiger charge is 2.19. The Morgan fingerprint density at radius 2 is 1.79 bits per heavy atom. The number of hydrogen-bond donors (Lipinski definition) is 0. The molecular formula is C12H23NO5S. The summed E-state index contributed by atoms with van der Waals surface area (Å²) in [5, 5.41) is 0. The van der Waals surface area contributed by atoms with Crippen molar-refractivity contribution >= 4 is 21.8 Å². The van der Waals surface area contributed by atoms with E-state index in [4.69, 9.17) is 4.74 Å². The van der Waals surface area contributed by atoms with Crippen LogP contribution in [0.2, 0.25) is 0 Å². The van der Waals surface area contributed by atoms with Crippen molar-refractivity contribution < 1.29 is 22.7 Å². The molecular weight excluding hydrogens is 270 g/mol. The first-order chi connectivity index (χ1) is 8.79. The highest BCUT2D eigenvalue weighted by atomic mass is 32.2. The molecule has 112 valence electrons. The Morgan fingerprint density at radius 3 is 2.32 bits per heavy atom. The van der Waals surface area contributed by atoms with Crippen molar-refractivity contribution in [1.29, 1.82) is 0 Å². The van der Waals surface area contributed by atoms with Gasteiger partial charge in [0.25, 0.3) is 0 Å². The van der Waals surface area contributed by atoms with Gasteiger partial charge in [-0.3, -0.25) is 9.59 Å². The number of hydrogen-bond acceptors (Lipinski definition) is 5. The maximum atomic E-state index is 11.6. The standard InChI is InChI=1S/C12H23NO5S/c1-4-18-12(15)8-6-5-7-9-13(3)19(16,17)10-11(2)14/h4-10H2,1-3H3. The van der Waals surface area contributed by atoms with E-state index in [2.05, 4.69) is 0 Å². The lowest BCUT2D eigenvalue weighted by atomic mass is 10.2. The minimum Gasteiger partial charge on any atom is -0.466 e. The quantitative estimate of drug-likeness (QED) is 0.443. The molecule has 7 heteroatoms. The van der Waals surface area contributed by atoms with Crippen LogP contribution < -0.4 is 0 Å². The molecule has 0 aromatic carbocycles. The maximum Gasteiger partial charge on any atom is 0.305 e. The first-order valence-corrected chi connectivity index (χ1v) is 7.99. The second-order valence-electron chi connectivity index (χ2n) is 4.40. The SMILES string of the molecule is CCOC(=O)CCCCCN(C)S(=O)(=O)CC(C)=O. The Kier molecular flexibility index (Phi) is 8.58. The van der Waals surface area contributed by atoms with Gasteiger partial charge in [-0.15, -0.1) is 0 Å². The van der Waals surface area contributed by atoms with E-state index in [0.29, 0.717) is 32.4 Å². The molecule has 0 N–H and O–H groups in total. The van der Waals surface area contributed by atoms with Crippen LogP contribution in [0.3, 0.4) is 0 Å². The molecule has 0 aliphatic heterocycles. The summed E-state index contributed by atoms with van der Waals surface area (Å²) in [4.78, 5) is 21.9. The van der Waals surface area contributed by atoms with Crippen molar-refractivity contribution in [2.75, 3.05) is 26.0 Å². The number of carbonyl (C=O) groups excluding carboxylic acids is 2. The predicted octanol–water partition coefficient (Wildman–Crippen LogP) is 0.961. The van der Waals surface area contributed by atoms with Gasteiger partial charge in [0.1, 0.15) is 11.5 Å². The summed E-state index contributed by atoms with van der Waals surface area (Å²) in [6.07, 6.45) is 2.45. The largest absolute Gasteiger partial charge is 0.466 e. The molecule has 0 atom stereocenters. The van der Waals surface area contributed by atoms with Crippen LogP contribution in [-0.2, 0) is 24.3 Å². The lowest BCUT2D eigenvalue weighted by Gasteiger charge is -2.15. The van der Waals surface area contributed by atoms with Gasteiger partial charge in [-0.2, -0.15) is 0 Å². The molecule has 0 aliphatic carbocycles. The molecule has 0 bridgehead atoms. The number of carbonyl (C=O) groups is 2. The fourth-order valence-electron chi connectivity index (χ4n) is 1.52. The summed E-state index contributed by atoms with van der Waals surface area (Å²) in [5.41, 5.74) is 0. The third kappa shape index (κ3) is 8.72. The number of sulfonamides is 1. The molecule has 0 heterocycles. The zero-order valence-electron chi connectivity index (χ0n) is 11.8. The highest BCUT2D eigenvalue weighted by Crippen LogP contribution is 2.05. The van der Waals surface area contributed by atoms with Crippen LogP contribution in [0.25, 0.3) is 0 Å². The fourth-order valence-corrected chi connectivity index (χ4v) is 2.66. The zero-order valence-corrected chi connectivity index (χ0v) is 12.7. The molecule has 6 nitrogen and oxygen atoms in total. The second-order valence-corrected chi connectivity index (χ2v) is 6.47.